The number of sulfonamides is 1. The molecular weight excluding hydrogens is 648 g/mol. The van der Waals surface area contributed by atoms with E-state index in [-0.39, 0.29) is 25.3 Å². The normalized spacial score (nSPS) is 25.6. The van der Waals surface area contributed by atoms with Crippen LogP contribution in [0.3, 0.4) is 0 Å². The van der Waals surface area contributed by atoms with Gasteiger partial charge in [0.1, 0.15) is 17.6 Å². The molecule has 4 fully saturated rings. The number of amides is 5. The average molecular weight is 693 g/mol. The van der Waals surface area contributed by atoms with Crippen molar-refractivity contribution in [2.45, 2.75) is 94.6 Å². The van der Waals surface area contributed by atoms with Gasteiger partial charge in [0.05, 0.1) is 16.3 Å². The highest BCUT2D eigenvalue weighted by Gasteiger charge is 2.62. The minimum Gasteiger partial charge on any atom is -0.347 e. The van der Waals surface area contributed by atoms with Crippen molar-refractivity contribution in [3.63, 3.8) is 0 Å². The summed E-state index contributed by atoms with van der Waals surface area (Å²) in [6.45, 7) is 9.19. The van der Waals surface area contributed by atoms with Crippen LogP contribution in [0.5, 0.6) is 0 Å². The summed E-state index contributed by atoms with van der Waals surface area (Å²) in [5.41, 5.74) is -1.25. The molecule has 1 saturated heterocycles. The van der Waals surface area contributed by atoms with Gasteiger partial charge < -0.3 is 20.9 Å². The third-order valence-corrected chi connectivity index (χ3v) is 11.8. The molecule has 1 aromatic carbocycles. The molecule has 13 nitrogen and oxygen atoms in total. The molecule has 6 rings (SSSR count). The van der Waals surface area contributed by atoms with Gasteiger partial charge >= 0.3 is 0 Å². The fourth-order valence-corrected chi connectivity index (χ4v) is 7.99. The van der Waals surface area contributed by atoms with E-state index in [1.807, 2.05) is 26.8 Å². The first-order valence-electron chi connectivity index (χ1n) is 16.9. The lowest BCUT2D eigenvalue weighted by Crippen LogP contribution is -2.60. The second-order valence-corrected chi connectivity index (χ2v) is 16.9. The number of carbonyl (C=O) groups is 5. The molecule has 1 aliphatic heterocycles. The van der Waals surface area contributed by atoms with Crippen molar-refractivity contribution in [3.05, 3.63) is 54.7 Å². The van der Waals surface area contributed by atoms with Crippen LogP contribution < -0.4 is 20.7 Å². The first-order valence-corrected chi connectivity index (χ1v) is 18.4. The molecule has 1 aromatic heterocycles. The van der Waals surface area contributed by atoms with Gasteiger partial charge in [0, 0.05) is 36.5 Å². The zero-order valence-electron chi connectivity index (χ0n) is 28.0. The van der Waals surface area contributed by atoms with Crippen LogP contribution in [0.25, 0.3) is 10.9 Å². The highest BCUT2D eigenvalue weighted by molar-refractivity contribution is 7.91. The van der Waals surface area contributed by atoms with Crippen molar-refractivity contribution >= 4 is 50.5 Å². The molecule has 0 bridgehead atoms. The molecule has 0 spiro atoms. The van der Waals surface area contributed by atoms with Gasteiger partial charge in [0.15, 0.2) is 0 Å². The van der Waals surface area contributed by atoms with Crippen LogP contribution in [-0.4, -0.2) is 83.3 Å². The van der Waals surface area contributed by atoms with Crippen LogP contribution in [0.1, 0.15) is 76.1 Å². The lowest BCUT2D eigenvalue weighted by Gasteiger charge is -2.35. The zero-order valence-corrected chi connectivity index (χ0v) is 28.8. The number of likely N-dealkylation sites (tertiary alicyclic amines) is 1. The van der Waals surface area contributed by atoms with E-state index in [9.17, 15) is 32.4 Å². The van der Waals surface area contributed by atoms with Gasteiger partial charge in [-0.2, -0.15) is 0 Å². The predicted molar refractivity (Wildman–Crippen MR) is 181 cm³/mol. The highest BCUT2D eigenvalue weighted by Crippen LogP contribution is 2.45. The van der Waals surface area contributed by atoms with E-state index in [1.54, 1.807) is 24.3 Å². The number of aromatic nitrogens is 1. The van der Waals surface area contributed by atoms with Gasteiger partial charge in [0.25, 0.3) is 11.8 Å². The van der Waals surface area contributed by atoms with E-state index in [4.69, 9.17) is 0 Å². The Morgan fingerprint density at radius 1 is 1.08 bits per heavy atom. The number of benzene rings is 1. The van der Waals surface area contributed by atoms with Gasteiger partial charge in [-0.05, 0) is 62.0 Å². The number of para-hydroxylation sites is 1. The van der Waals surface area contributed by atoms with Crippen LogP contribution >= 0.6 is 0 Å². The minimum absolute atomic E-state index is 0.0238. The van der Waals surface area contributed by atoms with E-state index >= 15 is 0 Å². The molecule has 14 heteroatoms. The zero-order chi connectivity index (χ0) is 35.3. The van der Waals surface area contributed by atoms with Crippen molar-refractivity contribution in [1.82, 2.24) is 30.6 Å². The number of carbonyl (C=O) groups excluding carboxylic acids is 5. The lowest BCUT2D eigenvalue weighted by molar-refractivity contribution is -0.144. The van der Waals surface area contributed by atoms with Crippen LogP contribution in [0, 0.1) is 17.3 Å². The van der Waals surface area contributed by atoms with Crippen LogP contribution in [0.15, 0.2) is 49.2 Å². The number of hydrogen-bond donors (Lipinski definition) is 4. The highest BCUT2D eigenvalue weighted by atomic mass is 32.2. The van der Waals surface area contributed by atoms with Crippen LogP contribution in [0.4, 0.5) is 0 Å². The topological polar surface area (TPSA) is 184 Å². The van der Waals surface area contributed by atoms with E-state index in [0.29, 0.717) is 41.6 Å². The summed E-state index contributed by atoms with van der Waals surface area (Å²) in [5, 5.41) is 8.66. The summed E-state index contributed by atoms with van der Waals surface area (Å²) in [6.07, 6.45) is 6.36. The van der Waals surface area contributed by atoms with Gasteiger partial charge in [-0.15, -0.1) is 6.58 Å². The van der Waals surface area contributed by atoms with Gasteiger partial charge in [0.2, 0.25) is 27.7 Å². The Labute approximate surface area is 286 Å². The summed E-state index contributed by atoms with van der Waals surface area (Å²) in [7, 11) is -3.89. The third-order valence-electron chi connectivity index (χ3n) is 9.95. The second kappa shape index (κ2) is 12.8. The molecule has 5 amide bonds. The fourth-order valence-electron chi connectivity index (χ4n) is 6.63. The molecule has 262 valence electrons. The number of hydrogen-bond acceptors (Lipinski definition) is 8. The van der Waals surface area contributed by atoms with E-state index < -0.39 is 73.9 Å². The monoisotopic (exact) mass is 692 g/mol. The molecular formula is C35H44N6O7S. The SMILES string of the molecule is C=CC1CC1(NC(=O)[C@@H]1C[C@@H](NC(=O)c2ccnc3ccccc23)CN1C(=O)[C@@H](NC(=O)CC1CC1)C(C)(C)C)C(=O)NS(=O)(=O)C1CC1. The fraction of sp³-hybridized carbons (Fsp3) is 0.543. The minimum atomic E-state index is -3.89. The smallest absolute Gasteiger partial charge is 0.259 e. The van der Waals surface area contributed by atoms with Crippen molar-refractivity contribution in [1.29, 1.82) is 0 Å². The molecule has 49 heavy (non-hydrogen) atoms. The van der Waals surface area contributed by atoms with Crippen molar-refractivity contribution in [2.24, 2.45) is 17.3 Å². The molecule has 4 aliphatic rings. The summed E-state index contributed by atoms with van der Waals surface area (Å²) in [6, 6.07) is 6.04. The van der Waals surface area contributed by atoms with Crippen LogP contribution in [0.2, 0.25) is 0 Å². The maximum Gasteiger partial charge on any atom is 0.259 e. The first-order chi connectivity index (χ1) is 23.1. The Morgan fingerprint density at radius 2 is 1.80 bits per heavy atom. The Hall–Kier alpha value is -4.33. The van der Waals surface area contributed by atoms with Gasteiger partial charge in [-0.25, -0.2) is 8.42 Å². The van der Waals surface area contributed by atoms with Crippen LogP contribution in [-0.2, 0) is 29.2 Å². The standard InChI is InChI=1S/C35H44N6O7S/c1-5-21-18-35(21,33(46)40-49(47,48)23-12-13-23)39-31(44)27-17-22(37-30(43)25-14-15-36-26-9-7-6-8-24(25)26)19-41(27)32(45)29(34(2,3)4)38-28(42)16-20-10-11-20/h5-9,14-15,20-23,27,29H,1,10-13,16-19H2,2-4H3,(H,37,43)(H,38,42)(H,39,44)(H,40,46)/t21?,22-,27+,29-,35?/m1/s1. The molecule has 0 radical (unpaired) electrons. The summed E-state index contributed by atoms with van der Waals surface area (Å²) in [4.78, 5) is 74.1. The third kappa shape index (κ3) is 7.34. The Balaban J connectivity index is 1.26. The Morgan fingerprint density at radius 3 is 2.43 bits per heavy atom. The number of fused-ring (bicyclic) bond motifs is 1. The van der Waals surface area contributed by atoms with E-state index in [0.717, 1.165) is 12.8 Å². The maximum atomic E-state index is 14.4. The molecule has 2 aromatic rings. The van der Waals surface area contributed by atoms with Gasteiger partial charge in [-0.1, -0.05) is 45.0 Å². The largest absolute Gasteiger partial charge is 0.347 e. The maximum absolute atomic E-state index is 14.4. The number of rotatable bonds is 12. The number of nitrogens with one attached hydrogen (secondary N) is 4. The molecule has 2 heterocycles. The van der Waals surface area contributed by atoms with E-state index in [1.165, 1.54) is 17.2 Å². The quantitative estimate of drug-likeness (QED) is 0.243. The van der Waals surface area contributed by atoms with Crippen molar-refractivity contribution in [3.8, 4) is 0 Å². The molecule has 5 atom stereocenters. The molecule has 2 unspecified atom stereocenters. The molecule has 3 saturated carbocycles. The van der Waals surface area contributed by atoms with Crippen molar-refractivity contribution < 1.29 is 32.4 Å². The second-order valence-electron chi connectivity index (χ2n) is 15.0. The molecule has 3 aliphatic carbocycles. The predicted octanol–water partition coefficient (Wildman–Crippen LogP) is 1.93. The van der Waals surface area contributed by atoms with E-state index in [2.05, 4.69) is 32.2 Å². The Kier molecular flexibility index (Phi) is 9.05. The lowest BCUT2D eigenvalue weighted by atomic mass is 9.85. The number of pyridine rings is 1. The Bertz CT molecular complexity index is 1810. The summed E-state index contributed by atoms with van der Waals surface area (Å²) >= 11 is 0. The average Bonchev–Trinajstić information content (AvgIpc) is 3.94. The summed E-state index contributed by atoms with van der Waals surface area (Å²) < 4.78 is 27.4. The number of nitrogens with zero attached hydrogens (tertiary/aromatic N) is 2. The van der Waals surface area contributed by atoms with Gasteiger partial charge in [-0.3, -0.25) is 33.7 Å². The van der Waals surface area contributed by atoms with Crippen molar-refractivity contribution in [2.75, 3.05) is 6.54 Å². The first kappa shape index (κ1) is 34.5. The summed E-state index contributed by atoms with van der Waals surface area (Å²) in [5.74, 6) is -2.87. The molecule has 4 N–H and O–H groups in total.